The van der Waals surface area contributed by atoms with Gasteiger partial charge in [0, 0.05) is 49.8 Å². The van der Waals surface area contributed by atoms with Crippen LogP contribution in [0.2, 0.25) is 0 Å². The topological polar surface area (TPSA) is 48.5 Å². The van der Waals surface area contributed by atoms with E-state index in [1.807, 2.05) is 43.3 Å². The van der Waals surface area contributed by atoms with E-state index in [9.17, 15) is 4.79 Å². The second kappa shape index (κ2) is 8.12. The van der Waals surface area contributed by atoms with Crippen LogP contribution < -0.4 is 10.2 Å². The summed E-state index contributed by atoms with van der Waals surface area (Å²) in [6.07, 6.45) is 3.48. The molecule has 1 aromatic carbocycles. The van der Waals surface area contributed by atoms with Gasteiger partial charge in [-0.2, -0.15) is 0 Å². The first kappa shape index (κ1) is 17.4. The predicted octanol–water partition coefficient (Wildman–Crippen LogP) is 2.71. The summed E-state index contributed by atoms with van der Waals surface area (Å²) in [5.74, 6) is -0.0494. The van der Waals surface area contributed by atoms with E-state index in [4.69, 9.17) is 0 Å². The van der Waals surface area contributed by atoms with Gasteiger partial charge in [-0.05, 0) is 55.4 Å². The molecule has 2 aromatic rings. The summed E-state index contributed by atoms with van der Waals surface area (Å²) in [4.78, 5) is 21.3. The van der Waals surface area contributed by atoms with Crippen LogP contribution in [0, 0.1) is 0 Å². The summed E-state index contributed by atoms with van der Waals surface area (Å²) in [6.45, 7) is 9.58. The molecular formula is C20H26N4O. The van der Waals surface area contributed by atoms with Gasteiger partial charge in [-0.25, -0.2) is 0 Å². The van der Waals surface area contributed by atoms with Crippen molar-refractivity contribution in [2.75, 3.05) is 37.6 Å². The third-order valence-corrected chi connectivity index (χ3v) is 4.87. The van der Waals surface area contributed by atoms with Crippen molar-refractivity contribution in [2.45, 2.75) is 19.9 Å². The Morgan fingerprint density at radius 1 is 1.08 bits per heavy atom. The number of likely N-dealkylation sites (N-methyl/N-ethyl adjacent to an activating group) is 1. The first-order valence-corrected chi connectivity index (χ1v) is 8.95. The van der Waals surface area contributed by atoms with E-state index in [0.717, 1.165) is 38.3 Å². The molecule has 0 aliphatic carbocycles. The summed E-state index contributed by atoms with van der Waals surface area (Å²) < 4.78 is 0. The predicted molar refractivity (Wildman–Crippen MR) is 101 cm³/mol. The van der Waals surface area contributed by atoms with E-state index in [1.54, 1.807) is 12.4 Å². The van der Waals surface area contributed by atoms with Crippen LogP contribution >= 0.6 is 0 Å². The zero-order chi connectivity index (χ0) is 17.6. The first-order valence-electron chi connectivity index (χ1n) is 8.95. The first-order chi connectivity index (χ1) is 12.2. The van der Waals surface area contributed by atoms with Crippen LogP contribution in [-0.2, 0) is 0 Å². The van der Waals surface area contributed by atoms with E-state index in [0.29, 0.717) is 5.56 Å². The highest BCUT2D eigenvalue weighted by atomic mass is 16.1. The highest BCUT2D eigenvalue weighted by Crippen LogP contribution is 2.18. The molecule has 3 rings (SSSR count). The Balaban J connectivity index is 1.59. The van der Waals surface area contributed by atoms with Gasteiger partial charge in [0.1, 0.15) is 0 Å². The zero-order valence-corrected chi connectivity index (χ0v) is 15.0. The summed E-state index contributed by atoms with van der Waals surface area (Å²) in [5.41, 5.74) is 2.93. The van der Waals surface area contributed by atoms with Crippen LogP contribution in [0.5, 0.6) is 0 Å². The van der Waals surface area contributed by atoms with E-state index in [-0.39, 0.29) is 11.9 Å². The second-order valence-electron chi connectivity index (χ2n) is 6.44. The van der Waals surface area contributed by atoms with E-state index in [1.165, 1.54) is 5.69 Å². The Kier molecular flexibility index (Phi) is 5.66. The summed E-state index contributed by atoms with van der Waals surface area (Å²) in [6, 6.07) is 11.7. The number of hydrogen-bond donors (Lipinski definition) is 1. The monoisotopic (exact) mass is 338 g/mol. The molecule has 5 nitrogen and oxygen atoms in total. The molecule has 1 aliphatic heterocycles. The number of carbonyl (C=O) groups excluding carboxylic acids is 1. The third kappa shape index (κ3) is 4.37. The number of nitrogens with zero attached hydrogens (tertiary/aromatic N) is 3. The molecular weight excluding hydrogens is 312 g/mol. The Morgan fingerprint density at radius 2 is 1.72 bits per heavy atom. The maximum absolute atomic E-state index is 12.5. The van der Waals surface area contributed by atoms with Crippen molar-refractivity contribution < 1.29 is 4.79 Å². The lowest BCUT2D eigenvalue weighted by atomic mass is 10.1. The maximum Gasteiger partial charge on any atom is 0.251 e. The number of aromatic nitrogens is 1. The molecule has 1 aromatic heterocycles. The Bertz CT molecular complexity index is 679. The summed E-state index contributed by atoms with van der Waals surface area (Å²) in [7, 11) is 0. The number of carbonyl (C=O) groups is 1. The number of piperazine rings is 1. The van der Waals surface area contributed by atoms with Gasteiger partial charge in [0.25, 0.3) is 5.91 Å². The molecule has 1 aliphatic rings. The fourth-order valence-corrected chi connectivity index (χ4v) is 3.16. The van der Waals surface area contributed by atoms with Crippen LogP contribution in [0.25, 0.3) is 0 Å². The molecule has 1 atom stereocenters. The van der Waals surface area contributed by atoms with Gasteiger partial charge in [0.2, 0.25) is 0 Å². The molecule has 1 amide bonds. The van der Waals surface area contributed by atoms with Crippen molar-refractivity contribution in [3.63, 3.8) is 0 Å². The van der Waals surface area contributed by atoms with Gasteiger partial charge in [-0.15, -0.1) is 0 Å². The van der Waals surface area contributed by atoms with Crippen LogP contribution in [0.1, 0.15) is 35.8 Å². The van der Waals surface area contributed by atoms with Crippen LogP contribution in [0.4, 0.5) is 5.69 Å². The molecule has 0 unspecified atom stereocenters. The minimum absolute atomic E-state index is 0.0442. The Morgan fingerprint density at radius 3 is 2.32 bits per heavy atom. The normalized spacial score (nSPS) is 16.5. The Labute approximate surface area is 149 Å². The second-order valence-corrected chi connectivity index (χ2v) is 6.44. The SMILES string of the molecule is CCN1CCN(c2ccc(C(=O)N[C@H](C)c3ccncc3)cc2)CC1. The van der Waals surface area contributed by atoms with Crippen molar-refractivity contribution in [1.82, 2.24) is 15.2 Å². The highest BCUT2D eigenvalue weighted by molar-refractivity contribution is 5.94. The van der Waals surface area contributed by atoms with Gasteiger partial charge < -0.3 is 15.1 Å². The molecule has 25 heavy (non-hydrogen) atoms. The molecule has 1 fully saturated rings. The van der Waals surface area contributed by atoms with E-state index >= 15 is 0 Å². The van der Waals surface area contributed by atoms with E-state index in [2.05, 4.69) is 27.0 Å². The molecule has 0 bridgehead atoms. The van der Waals surface area contributed by atoms with E-state index < -0.39 is 0 Å². The minimum Gasteiger partial charge on any atom is -0.369 e. The summed E-state index contributed by atoms with van der Waals surface area (Å²) in [5, 5.41) is 3.04. The lowest BCUT2D eigenvalue weighted by molar-refractivity contribution is 0.0940. The average molecular weight is 338 g/mol. The van der Waals surface area contributed by atoms with Crippen LogP contribution in [0.15, 0.2) is 48.8 Å². The van der Waals surface area contributed by atoms with Crippen molar-refractivity contribution >= 4 is 11.6 Å². The number of amides is 1. The van der Waals surface area contributed by atoms with Gasteiger partial charge in [-0.3, -0.25) is 9.78 Å². The molecule has 2 heterocycles. The van der Waals surface area contributed by atoms with Crippen molar-refractivity contribution in [3.05, 3.63) is 59.9 Å². The zero-order valence-electron chi connectivity index (χ0n) is 15.0. The van der Waals surface area contributed by atoms with Crippen molar-refractivity contribution in [3.8, 4) is 0 Å². The number of benzene rings is 1. The van der Waals surface area contributed by atoms with Crippen molar-refractivity contribution in [1.29, 1.82) is 0 Å². The van der Waals surface area contributed by atoms with Crippen molar-refractivity contribution in [2.24, 2.45) is 0 Å². The molecule has 0 spiro atoms. The van der Waals surface area contributed by atoms with Crippen LogP contribution in [-0.4, -0.2) is 48.5 Å². The number of hydrogen-bond acceptors (Lipinski definition) is 4. The molecule has 132 valence electrons. The summed E-state index contributed by atoms with van der Waals surface area (Å²) >= 11 is 0. The Hall–Kier alpha value is -2.40. The number of pyridine rings is 1. The minimum atomic E-state index is -0.0494. The van der Waals surface area contributed by atoms with Gasteiger partial charge >= 0.3 is 0 Å². The molecule has 5 heteroatoms. The molecule has 0 saturated carbocycles. The fourth-order valence-electron chi connectivity index (χ4n) is 3.16. The fraction of sp³-hybridized carbons (Fsp3) is 0.400. The number of anilines is 1. The number of rotatable bonds is 5. The average Bonchev–Trinajstić information content (AvgIpc) is 2.69. The quantitative estimate of drug-likeness (QED) is 0.911. The molecule has 1 saturated heterocycles. The van der Waals surface area contributed by atoms with Gasteiger partial charge in [0.15, 0.2) is 0 Å². The van der Waals surface area contributed by atoms with Crippen LogP contribution in [0.3, 0.4) is 0 Å². The molecule has 1 N–H and O–H groups in total. The standard InChI is InChI=1S/C20H26N4O/c1-3-23-12-14-24(15-13-23)19-6-4-18(5-7-19)20(25)22-16(2)17-8-10-21-11-9-17/h4-11,16H,3,12-15H2,1-2H3,(H,22,25)/t16-/m1/s1. The molecule has 0 radical (unpaired) electrons. The van der Waals surface area contributed by atoms with Gasteiger partial charge in [0.05, 0.1) is 6.04 Å². The largest absolute Gasteiger partial charge is 0.369 e. The maximum atomic E-state index is 12.5. The smallest absolute Gasteiger partial charge is 0.251 e. The third-order valence-electron chi connectivity index (χ3n) is 4.87. The highest BCUT2D eigenvalue weighted by Gasteiger charge is 2.16. The lowest BCUT2D eigenvalue weighted by Gasteiger charge is -2.35. The number of nitrogens with one attached hydrogen (secondary N) is 1. The lowest BCUT2D eigenvalue weighted by Crippen LogP contribution is -2.46. The van der Waals surface area contributed by atoms with Gasteiger partial charge in [-0.1, -0.05) is 6.92 Å².